The molecule has 2 unspecified atom stereocenters. The molecule has 2 atom stereocenters. The zero-order valence-corrected chi connectivity index (χ0v) is 11.7. The molecule has 0 radical (unpaired) electrons. The van der Waals surface area contributed by atoms with E-state index in [1.54, 1.807) is 0 Å². The average Bonchev–Trinajstić information content (AvgIpc) is 2.77. The lowest BCUT2D eigenvalue weighted by atomic mass is 10.0. The van der Waals surface area contributed by atoms with Gasteiger partial charge in [0.1, 0.15) is 0 Å². The highest BCUT2D eigenvalue weighted by Crippen LogP contribution is 2.26. The van der Waals surface area contributed by atoms with Crippen LogP contribution in [0.5, 0.6) is 0 Å². The minimum atomic E-state index is 0.266. The molecule has 1 fully saturated rings. The van der Waals surface area contributed by atoms with E-state index in [4.69, 9.17) is 4.74 Å². The number of nitrogens with zero attached hydrogens (tertiary/aromatic N) is 1. The summed E-state index contributed by atoms with van der Waals surface area (Å²) in [5.74, 6) is 0. The summed E-state index contributed by atoms with van der Waals surface area (Å²) >= 11 is 1.81. The minimum absolute atomic E-state index is 0.266. The van der Waals surface area contributed by atoms with E-state index in [1.165, 1.54) is 10.4 Å². The highest BCUT2D eigenvalue weighted by Gasteiger charge is 2.28. The van der Waals surface area contributed by atoms with Gasteiger partial charge in [0.25, 0.3) is 0 Å². The van der Waals surface area contributed by atoms with Crippen molar-refractivity contribution in [2.24, 2.45) is 0 Å². The Balaban J connectivity index is 2.07. The van der Waals surface area contributed by atoms with Gasteiger partial charge < -0.3 is 10.1 Å². The van der Waals surface area contributed by atoms with Gasteiger partial charge in [-0.2, -0.15) is 0 Å². The van der Waals surface area contributed by atoms with Gasteiger partial charge in [-0.25, -0.2) is 0 Å². The predicted molar refractivity (Wildman–Crippen MR) is 72.7 cm³/mol. The zero-order chi connectivity index (χ0) is 12.3. The van der Waals surface area contributed by atoms with Crippen molar-refractivity contribution in [2.45, 2.75) is 26.0 Å². The Morgan fingerprint density at radius 3 is 3.06 bits per heavy atom. The lowest BCUT2D eigenvalue weighted by Crippen LogP contribution is -2.47. The Kier molecular flexibility index (Phi) is 4.56. The van der Waals surface area contributed by atoms with Crippen molar-refractivity contribution in [3.63, 3.8) is 0 Å². The smallest absolute Gasteiger partial charge is 0.0897 e. The number of nitrogens with one attached hydrogen (secondary N) is 1. The quantitative estimate of drug-likeness (QED) is 0.890. The number of hydrogen-bond acceptors (Lipinski definition) is 4. The van der Waals surface area contributed by atoms with E-state index in [-0.39, 0.29) is 6.10 Å². The van der Waals surface area contributed by atoms with Crippen molar-refractivity contribution in [2.75, 3.05) is 33.3 Å². The van der Waals surface area contributed by atoms with Crippen molar-refractivity contribution < 1.29 is 4.74 Å². The van der Waals surface area contributed by atoms with Gasteiger partial charge in [0.2, 0.25) is 0 Å². The second-order valence-electron chi connectivity index (χ2n) is 4.56. The Bertz CT molecular complexity index is 353. The molecule has 17 heavy (non-hydrogen) atoms. The molecule has 0 aromatic carbocycles. The van der Waals surface area contributed by atoms with Crippen LogP contribution in [0.15, 0.2) is 11.4 Å². The normalized spacial score (nSPS) is 23.8. The summed E-state index contributed by atoms with van der Waals surface area (Å²) in [6.07, 6.45) is 0.266. The van der Waals surface area contributed by atoms with Gasteiger partial charge in [-0.05, 0) is 37.5 Å². The maximum Gasteiger partial charge on any atom is 0.0897 e. The van der Waals surface area contributed by atoms with Crippen LogP contribution in [0.3, 0.4) is 0 Å². The molecule has 0 aliphatic carbocycles. The van der Waals surface area contributed by atoms with Crippen molar-refractivity contribution in [1.29, 1.82) is 0 Å². The predicted octanol–water partition coefficient (Wildman–Crippen LogP) is 2.04. The SMILES string of the molecule is CCN1CCOC(C(NC)c2csc(C)c2)C1. The Morgan fingerprint density at radius 2 is 2.47 bits per heavy atom. The fraction of sp³-hybridized carbons (Fsp3) is 0.692. The molecule has 1 aliphatic rings. The van der Waals surface area contributed by atoms with E-state index in [1.807, 2.05) is 18.4 Å². The van der Waals surface area contributed by atoms with E-state index >= 15 is 0 Å². The fourth-order valence-electron chi connectivity index (χ4n) is 2.41. The molecule has 96 valence electrons. The summed E-state index contributed by atoms with van der Waals surface area (Å²) in [6, 6.07) is 2.58. The van der Waals surface area contributed by atoms with E-state index in [0.717, 1.165) is 26.2 Å². The van der Waals surface area contributed by atoms with Gasteiger partial charge in [0.05, 0.1) is 18.8 Å². The molecule has 0 spiro atoms. The Hall–Kier alpha value is -0.420. The molecule has 4 heteroatoms. The zero-order valence-electron chi connectivity index (χ0n) is 10.9. The largest absolute Gasteiger partial charge is 0.374 e. The van der Waals surface area contributed by atoms with Crippen LogP contribution >= 0.6 is 11.3 Å². The monoisotopic (exact) mass is 254 g/mol. The summed E-state index contributed by atoms with van der Waals surface area (Å²) in [7, 11) is 2.02. The second kappa shape index (κ2) is 5.96. The van der Waals surface area contributed by atoms with Gasteiger partial charge in [0.15, 0.2) is 0 Å². The van der Waals surface area contributed by atoms with Crippen LogP contribution < -0.4 is 5.32 Å². The van der Waals surface area contributed by atoms with Gasteiger partial charge in [0, 0.05) is 18.0 Å². The molecule has 1 aromatic rings. The fourth-order valence-corrected chi connectivity index (χ4v) is 3.16. The maximum absolute atomic E-state index is 5.93. The first kappa shape index (κ1) is 13.0. The first-order valence-electron chi connectivity index (χ1n) is 6.30. The van der Waals surface area contributed by atoms with Crippen LogP contribution in [0.4, 0.5) is 0 Å². The summed E-state index contributed by atoms with van der Waals surface area (Å²) < 4.78 is 5.93. The van der Waals surface area contributed by atoms with Crippen LogP contribution in [0, 0.1) is 6.92 Å². The number of hydrogen-bond donors (Lipinski definition) is 1. The number of rotatable bonds is 4. The van der Waals surface area contributed by atoms with Gasteiger partial charge in [-0.15, -0.1) is 11.3 Å². The molecule has 2 rings (SSSR count). The molecule has 1 aliphatic heterocycles. The summed E-state index contributed by atoms with van der Waals surface area (Å²) in [5, 5.41) is 5.64. The molecule has 1 N–H and O–H groups in total. The number of aryl methyl sites for hydroxylation is 1. The number of ether oxygens (including phenoxy) is 1. The maximum atomic E-state index is 5.93. The molecule has 1 saturated heterocycles. The summed E-state index contributed by atoms with van der Waals surface area (Å²) in [4.78, 5) is 3.82. The van der Waals surface area contributed by atoms with Crippen LogP contribution in [-0.4, -0.2) is 44.3 Å². The molecular weight excluding hydrogens is 232 g/mol. The molecule has 3 nitrogen and oxygen atoms in total. The topological polar surface area (TPSA) is 24.5 Å². The second-order valence-corrected chi connectivity index (χ2v) is 5.67. The third-order valence-electron chi connectivity index (χ3n) is 3.42. The summed E-state index contributed by atoms with van der Waals surface area (Å²) in [6.45, 7) is 8.41. The molecule has 0 saturated carbocycles. The Morgan fingerprint density at radius 1 is 1.65 bits per heavy atom. The lowest BCUT2D eigenvalue weighted by molar-refractivity contribution is -0.0443. The van der Waals surface area contributed by atoms with Crippen LogP contribution in [-0.2, 0) is 4.74 Å². The van der Waals surface area contributed by atoms with Crippen molar-refractivity contribution in [3.05, 3.63) is 21.9 Å². The molecule has 0 bridgehead atoms. The van der Waals surface area contributed by atoms with Crippen LogP contribution in [0.25, 0.3) is 0 Å². The van der Waals surface area contributed by atoms with Gasteiger partial charge in [-0.1, -0.05) is 6.92 Å². The third-order valence-corrected chi connectivity index (χ3v) is 4.30. The highest BCUT2D eigenvalue weighted by molar-refractivity contribution is 7.10. The van der Waals surface area contributed by atoms with Gasteiger partial charge in [-0.3, -0.25) is 4.90 Å². The molecular formula is C13H22N2OS. The first-order chi connectivity index (χ1) is 8.24. The molecule has 2 heterocycles. The van der Waals surface area contributed by atoms with E-state index in [9.17, 15) is 0 Å². The Labute approximate surface area is 108 Å². The van der Waals surface area contributed by atoms with Crippen LogP contribution in [0.2, 0.25) is 0 Å². The van der Waals surface area contributed by atoms with Crippen molar-refractivity contribution in [1.82, 2.24) is 10.2 Å². The number of thiophene rings is 1. The number of likely N-dealkylation sites (N-methyl/N-ethyl adjacent to an activating group) is 2. The molecule has 0 amide bonds. The highest BCUT2D eigenvalue weighted by atomic mass is 32.1. The average molecular weight is 254 g/mol. The minimum Gasteiger partial charge on any atom is -0.374 e. The van der Waals surface area contributed by atoms with E-state index in [2.05, 4.69) is 35.5 Å². The van der Waals surface area contributed by atoms with E-state index < -0.39 is 0 Å². The first-order valence-corrected chi connectivity index (χ1v) is 7.18. The third kappa shape index (κ3) is 3.07. The van der Waals surface area contributed by atoms with Crippen LogP contribution in [0.1, 0.15) is 23.4 Å². The summed E-state index contributed by atoms with van der Waals surface area (Å²) in [5.41, 5.74) is 1.36. The standard InChI is InChI=1S/C13H22N2OS/c1-4-15-5-6-16-12(8-15)13(14-3)11-7-10(2)17-9-11/h7,9,12-14H,4-6,8H2,1-3H3. The van der Waals surface area contributed by atoms with E-state index in [0.29, 0.717) is 6.04 Å². The van der Waals surface area contributed by atoms with Crippen molar-refractivity contribution >= 4 is 11.3 Å². The van der Waals surface area contributed by atoms with Crippen molar-refractivity contribution in [3.8, 4) is 0 Å². The molecule has 1 aromatic heterocycles. The number of morpholine rings is 1. The lowest BCUT2D eigenvalue weighted by Gasteiger charge is -2.36. The van der Waals surface area contributed by atoms with Gasteiger partial charge >= 0.3 is 0 Å².